The van der Waals surface area contributed by atoms with Gasteiger partial charge in [0, 0.05) is 10.1 Å². The monoisotopic (exact) mass is 371 g/mol. The van der Waals surface area contributed by atoms with E-state index in [1.165, 1.54) is 14.8 Å². The zero-order chi connectivity index (χ0) is 7.84. The van der Waals surface area contributed by atoms with Crippen molar-refractivity contribution in [3.63, 3.8) is 0 Å². The Morgan fingerprint density at radius 3 is 3.00 bits per heavy atom. The van der Waals surface area contributed by atoms with Crippen LogP contribution in [-0.4, -0.2) is 6.54 Å². The lowest BCUT2D eigenvalue weighted by atomic mass is 10.2. The van der Waals surface area contributed by atoms with Gasteiger partial charge in [0.1, 0.15) is 0 Å². The number of benzene rings is 1. The molecule has 1 aromatic rings. The van der Waals surface area contributed by atoms with Crippen LogP contribution in [0.1, 0.15) is 9.49 Å². The van der Waals surface area contributed by atoms with E-state index in [1.807, 2.05) is 0 Å². The van der Waals surface area contributed by atoms with E-state index >= 15 is 0 Å². The van der Waals surface area contributed by atoms with Crippen LogP contribution in [0, 0.1) is 3.57 Å². The predicted octanol–water partition coefficient (Wildman–Crippen LogP) is 3.19. The lowest BCUT2D eigenvalue weighted by Gasteiger charge is -2.01. The van der Waals surface area contributed by atoms with Gasteiger partial charge in [-0.3, -0.25) is 0 Å². The molecule has 0 saturated heterocycles. The van der Waals surface area contributed by atoms with E-state index in [9.17, 15) is 0 Å². The number of rotatable bonds is 0. The molecule has 1 N–H and O–H groups in total. The van der Waals surface area contributed by atoms with Crippen LogP contribution in [0.5, 0.6) is 0 Å². The van der Waals surface area contributed by atoms with Crippen LogP contribution in [0.25, 0.3) is 0 Å². The molecule has 0 saturated carbocycles. The van der Waals surface area contributed by atoms with Gasteiger partial charge in [-0.15, -0.1) is 0 Å². The molecule has 1 aliphatic heterocycles. The second kappa shape index (κ2) is 3.08. The molecule has 0 radical (unpaired) electrons. The summed E-state index contributed by atoms with van der Waals surface area (Å²) in [4.78, 5) is 0. The van der Waals surface area contributed by atoms with Gasteiger partial charge in [-0.05, 0) is 34.2 Å². The fraction of sp³-hybridized carbons (Fsp3) is 0.250. The minimum absolute atomic E-state index is 0.650. The number of hydrogen-bond acceptors (Lipinski definition) is 1. The van der Waals surface area contributed by atoms with E-state index in [-0.39, 0.29) is 0 Å². The fourth-order valence-corrected chi connectivity index (χ4v) is 2.74. The highest BCUT2D eigenvalue weighted by Crippen LogP contribution is 2.38. The van der Waals surface area contributed by atoms with E-state index in [4.69, 9.17) is 0 Å². The molecule has 1 aromatic carbocycles. The smallest absolute Gasteiger partial charge is 0.0552 e. The van der Waals surface area contributed by atoms with Gasteiger partial charge in [-0.1, -0.05) is 34.7 Å². The molecular weight excluding hydrogens is 364 g/mol. The first-order chi connectivity index (χ1) is 5.29. The summed E-state index contributed by atoms with van der Waals surface area (Å²) in [5.74, 6) is 0. The minimum Gasteiger partial charge on any atom is -0.383 e. The molecule has 2 rings (SSSR count). The van der Waals surface area contributed by atoms with Crippen molar-refractivity contribution in [2.24, 2.45) is 0 Å². The Kier molecular flexibility index (Phi) is 2.27. The zero-order valence-corrected chi connectivity index (χ0v) is 10.1. The number of anilines is 1. The molecular formula is C8H7I2N. The van der Waals surface area contributed by atoms with Crippen molar-refractivity contribution < 1.29 is 0 Å². The van der Waals surface area contributed by atoms with Crippen LogP contribution in [0.2, 0.25) is 0 Å². The van der Waals surface area contributed by atoms with E-state index in [1.54, 1.807) is 0 Å². The lowest BCUT2D eigenvalue weighted by Crippen LogP contribution is -1.94. The molecule has 0 fully saturated rings. The fourth-order valence-electron chi connectivity index (χ4n) is 1.29. The van der Waals surface area contributed by atoms with Crippen molar-refractivity contribution in [3.05, 3.63) is 27.3 Å². The molecule has 1 heterocycles. The normalized spacial score (nSPS) is 21.1. The summed E-state index contributed by atoms with van der Waals surface area (Å²) in [6.07, 6.45) is 0. The Balaban J connectivity index is 2.57. The van der Waals surface area contributed by atoms with Gasteiger partial charge in [0.25, 0.3) is 0 Å². The third-order valence-corrected chi connectivity index (χ3v) is 3.85. The van der Waals surface area contributed by atoms with Crippen molar-refractivity contribution in [2.75, 3.05) is 11.9 Å². The Morgan fingerprint density at radius 1 is 1.45 bits per heavy atom. The van der Waals surface area contributed by atoms with Gasteiger partial charge < -0.3 is 5.32 Å². The molecule has 1 atom stereocenters. The zero-order valence-electron chi connectivity index (χ0n) is 5.77. The molecule has 0 spiro atoms. The Morgan fingerprint density at radius 2 is 2.27 bits per heavy atom. The van der Waals surface area contributed by atoms with Crippen LogP contribution >= 0.6 is 45.2 Å². The molecule has 11 heavy (non-hydrogen) atoms. The maximum absolute atomic E-state index is 3.40. The summed E-state index contributed by atoms with van der Waals surface area (Å²) < 4.78 is 1.98. The molecule has 1 aliphatic rings. The topological polar surface area (TPSA) is 12.0 Å². The van der Waals surface area contributed by atoms with Gasteiger partial charge >= 0.3 is 0 Å². The standard InChI is InChI=1S/C8H7I2N/c9-6-3-1-2-5-7(10)4-11-8(5)6/h1-3,7,11H,4H2. The number of para-hydroxylation sites is 1. The molecule has 0 aromatic heterocycles. The van der Waals surface area contributed by atoms with Crippen molar-refractivity contribution in [3.8, 4) is 0 Å². The SMILES string of the molecule is Ic1cccc2c1NCC2I. The highest BCUT2D eigenvalue weighted by atomic mass is 127. The molecule has 0 aliphatic carbocycles. The third-order valence-electron chi connectivity index (χ3n) is 1.84. The van der Waals surface area contributed by atoms with Crippen LogP contribution in [0.15, 0.2) is 18.2 Å². The average molecular weight is 371 g/mol. The van der Waals surface area contributed by atoms with Crippen molar-refractivity contribution in [1.29, 1.82) is 0 Å². The van der Waals surface area contributed by atoms with Gasteiger partial charge in [0.2, 0.25) is 0 Å². The van der Waals surface area contributed by atoms with Gasteiger partial charge in [-0.25, -0.2) is 0 Å². The van der Waals surface area contributed by atoms with Gasteiger partial charge in [0.15, 0.2) is 0 Å². The molecule has 1 nitrogen and oxygen atoms in total. The van der Waals surface area contributed by atoms with Crippen LogP contribution < -0.4 is 5.32 Å². The van der Waals surface area contributed by atoms with Gasteiger partial charge in [0.05, 0.1) is 9.61 Å². The van der Waals surface area contributed by atoms with Crippen molar-refractivity contribution in [1.82, 2.24) is 0 Å². The van der Waals surface area contributed by atoms with E-state index in [2.05, 4.69) is 68.7 Å². The summed E-state index contributed by atoms with van der Waals surface area (Å²) in [6.45, 7) is 1.08. The summed E-state index contributed by atoms with van der Waals surface area (Å²) in [6, 6.07) is 6.47. The maximum Gasteiger partial charge on any atom is 0.0552 e. The van der Waals surface area contributed by atoms with E-state index in [0.29, 0.717) is 3.92 Å². The highest BCUT2D eigenvalue weighted by Gasteiger charge is 2.20. The second-order valence-electron chi connectivity index (χ2n) is 2.55. The number of halogens is 2. The van der Waals surface area contributed by atoms with Gasteiger partial charge in [-0.2, -0.15) is 0 Å². The second-order valence-corrected chi connectivity index (χ2v) is 5.22. The molecule has 58 valence electrons. The highest BCUT2D eigenvalue weighted by molar-refractivity contribution is 14.1. The Hall–Kier alpha value is 0.480. The molecule has 1 unspecified atom stereocenters. The van der Waals surface area contributed by atoms with Crippen LogP contribution in [0.3, 0.4) is 0 Å². The van der Waals surface area contributed by atoms with E-state index < -0.39 is 0 Å². The predicted molar refractivity (Wildman–Crippen MR) is 64.4 cm³/mol. The first kappa shape index (κ1) is 8.10. The minimum atomic E-state index is 0.650. The summed E-state index contributed by atoms with van der Waals surface area (Å²) in [5.41, 5.74) is 2.80. The van der Waals surface area contributed by atoms with E-state index in [0.717, 1.165) is 6.54 Å². The van der Waals surface area contributed by atoms with Crippen molar-refractivity contribution in [2.45, 2.75) is 3.92 Å². The number of nitrogens with one attached hydrogen (secondary N) is 1. The van der Waals surface area contributed by atoms with Crippen molar-refractivity contribution >= 4 is 50.9 Å². The molecule has 0 amide bonds. The van der Waals surface area contributed by atoms with Crippen LogP contribution in [-0.2, 0) is 0 Å². The first-order valence-corrected chi connectivity index (χ1v) is 5.78. The summed E-state index contributed by atoms with van der Waals surface area (Å²) >= 11 is 4.84. The lowest BCUT2D eigenvalue weighted by molar-refractivity contribution is 1.11. The first-order valence-electron chi connectivity index (χ1n) is 3.45. The van der Waals surface area contributed by atoms with Crippen LogP contribution in [0.4, 0.5) is 5.69 Å². The molecule has 0 bridgehead atoms. The number of hydrogen-bond donors (Lipinski definition) is 1. The maximum atomic E-state index is 3.40. The third kappa shape index (κ3) is 1.37. The number of alkyl halides is 1. The summed E-state index contributed by atoms with van der Waals surface area (Å²) in [5, 5.41) is 3.40. The largest absolute Gasteiger partial charge is 0.383 e. The Bertz CT molecular complexity index is 285. The quantitative estimate of drug-likeness (QED) is 0.546. The molecule has 3 heteroatoms. The summed E-state index contributed by atoms with van der Waals surface area (Å²) in [7, 11) is 0. The Labute approximate surface area is 93.2 Å². The number of fused-ring (bicyclic) bond motifs is 1. The average Bonchev–Trinajstić information content (AvgIpc) is 2.35.